The third kappa shape index (κ3) is 4.15. The molecule has 0 aliphatic rings. The van der Waals surface area contributed by atoms with Crippen molar-refractivity contribution < 1.29 is 5.11 Å². The molecule has 15 heavy (non-hydrogen) atoms. The van der Waals surface area contributed by atoms with Crippen LogP contribution in [0.2, 0.25) is 5.15 Å². The van der Waals surface area contributed by atoms with Crippen LogP contribution in [0.1, 0.15) is 18.9 Å². The maximum Gasteiger partial charge on any atom is 0.132 e. The van der Waals surface area contributed by atoms with E-state index in [4.69, 9.17) is 22.0 Å². The summed E-state index contributed by atoms with van der Waals surface area (Å²) in [6.45, 7) is 2.31. The Bertz CT molecular complexity index is 373. The number of aliphatic hydroxyl groups excluding tert-OH is 1. The van der Waals surface area contributed by atoms with Gasteiger partial charge in [-0.1, -0.05) is 11.6 Å². The van der Waals surface area contributed by atoms with Crippen molar-refractivity contribution in [1.29, 1.82) is 5.26 Å². The molecule has 80 valence electrons. The van der Waals surface area contributed by atoms with Gasteiger partial charge in [-0.05, 0) is 25.5 Å². The molecule has 1 aromatic rings. The lowest BCUT2D eigenvalue weighted by Crippen LogP contribution is -2.10. The number of halogens is 1. The Morgan fingerprint density at radius 3 is 3.00 bits per heavy atom. The van der Waals surface area contributed by atoms with Crippen LogP contribution < -0.4 is 5.32 Å². The minimum absolute atomic E-state index is 0.286. The Morgan fingerprint density at radius 2 is 2.40 bits per heavy atom. The summed E-state index contributed by atoms with van der Waals surface area (Å²) in [7, 11) is 0. The van der Waals surface area contributed by atoms with E-state index in [1.807, 2.05) is 6.07 Å². The van der Waals surface area contributed by atoms with E-state index in [1.165, 1.54) is 6.07 Å². The predicted molar refractivity (Wildman–Crippen MR) is 58.7 cm³/mol. The van der Waals surface area contributed by atoms with Gasteiger partial charge in [0.15, 0.2) is 0 Å². The number of aliphatic hydroxyl groups is 1. The molecule has 0 aromatic carbocycles. The van der Waals surface area contributed by atoms with E-state index in [2.05, 4.69) is 10.3 Å². The number of nitrogens with zero attached hydrogens (tertiary/aromatic N) is 2. The van der Waals surface area contributed by atoms with Gasteiger partial charge in [0, 0.05) is 6.54 Å². The molecular formula is C10H12ClN3O. The Hall–Kier alpha value is -1.31. The molecule has 5 heteroatoms. The van der Waals surface area contributed by atoms with Crippen molar-refractivity contribution in [2.45, 2.75) is 19.4 Å². The lowest BCUT2D eigenvalue weighted by molar-refractivity contribution is 0.188. The van der Waals surface area contributed by atoms with Gasteiger partial charge in [0.1, 0.15) is 11.0 Å². The summed E-state index contributed by atoms with van der Waals surface area (Å²) in [6.07, 6.45) is 0.267. The largest absolute Gasteiger partial charge is 0.393 e. The average molecular weight is 226 g/mol. The van der Waals surface area contributed by atoms with Gasteiger partial charge in [-0.2, -0.15) is 5.26 Å². The molecule has 1 aromatic heterocycles. The second kappa shape index (κ2) is 5.54. The number of nitrogens with one attached hydrogen (secondary N) is 1. The normalized spacial score (nSPS) is 11.9. The quantitative estimate of drug-likeness (QED) is 0.767. The highest BCUT2D eigenvalue weighted by atomic mass is 35.5. The predicted octanol–water partition coefficient (Wildman–Crippen LogP) is 1.79. The highest BCUT2D eigenvalue weighted by Gasteiger charge is 2.01. The van der Waals surface area contributed by atoms with Crippen molar-refractivity contribution in [2.75, 3.05) is 11.9 Å². The van der Waals surface area contributed by atoms with Crippen molar-refractivity contribution >= 4 is 17.4 Å². The first-order valence-corrected chi connectivity index (χ1v) is 4.99. The van der Waals surface area contributed by atoms with Crippen molar-refractivity contribution in [3.63, 3.8) is 0 Å². The zero-order chi connectivity index (χ0) is 11.3. The fraction of sp³-hybridized carbons (Fsp3) is 0.400. The number of hydrogen-bond acceptors (Lipinski definition) is 4. The van der Waals surface area contributed by atoms with Crippen LogP contribution in [0.3, 0.4) is 0 Å². The monoisotopic (exact) mass is 225 g/mol. The van der Waals surface area contributed by atoms with Gasteiger partial charge in [0.2, 0.25) is 0 Å². The first-order chi connectivity index (χ1) is 7.11. The number of aromatic nitrogens is 1. The molecule has 0 spiro atoms. The van der Waals surface area contributed by atoms with E-state index < -0.39 is 0 Å². The average Bonchev–Trinajstić information content (AvgIpc) is 2.16. The fourth-order valence-corrected chi connectivity index (χ4v) is 1.27. The second-order valence-corrected chi connectivity index (χ2v) is 3.63. The van der Waals surface area contributed by atoms with Gasteiger partial charge >= 0.3 is 0 Å². The van der Waals surface area contributed by atoms with E-state index in [0.717, 1.165) is 0 Å². The molecular weight excluding hydrogens is 214 g/mol. The molecule has 0 aliphatic heterocycles. The van der Waals surface area contributed by atoms with Crippen LogP contribution in [-0.4, -0.2) is 22.7 Å². The molecule has 1 rings (SSSR count). The van der Waals surface area contributed by atoms with Gasteiger partial charge in [-0.25, -0.2) is 4.98 Å². The molecule has 0 amide bonds. The molecule has 2 N–H and O–H groups in total. The standard InChI is InChI=1S/C10H12ClN3O/c1-7(15)2-3-13-10-5-8(6-12)4-9(11)14-10/h4-5,7,15H,2-3H2,1H3,(H,13,14). The molecule has 1 unspecified atom stereocenters. The van der Waals surface area contributed by atoms with E-state index in [1.54, 1.807) is 13.0 Å². The molecule has 0 bridgehead atoms. The molecule has 0 fully saturated rings. The lowest BCUT2D eigenvalue weighted by atomic mass is 10.2. The molecule has 1 atom stereocenters. The zero-order valence-electron chi connectivity index (χ0n) is 8.37. The van der Waals surface area contributed by atoms with Gasteiger partial charge in [-0.3, -0.25) is 0 Å². The molecule has 0 aliphatic carbocycles. The Morgan fingerprint density at radius 1 is 1.67 bits per heavy atom. The Balaban J connectivity index is 2.61. The zero-order valence-corrected chi connectivity index (χ0v) is 9.12. The van der Waals surface area contributed by atoms with Crippen LogP contribution >= 0.6 is 11.6 Å². The first kappa shape index (κ1) is 11.8. The van der Waals surface area contributed by atoms with E-state index in [9.17, 15) is 0 Å². The fourth-order valence-electron chi connectivity index (χ4n) is 1.06. The van der Waals surface area contributed by atoms with Crippen LogP contribution in [0.25, 0.3) is 0 Å². The summed E-state index contributed by atoms with van der Waals surface area (Å²) in [5.74, 6) is 0.555. The van der Waals surface area contributed by atoms with Crippen molar-refractivity contribution in [2.24, 2.45) is 0 Å². The van der Waals surface area contributed by atoms with Gasteiger partial charge < -0.3 is 10.4 Å². The van der Waals surface area contributed by atoms with E-state index in [-0.39, 0.29) is 11.3 Å². The number of pyridine rings is 1. The lowest BCUT2D eigenvalue weighted by Gasteiger charge is -2.07. The molecule has 0 radical (unpaired) electrons. The summed E-state index contributed by atoms with van der Waals surface area (Å²) in [4.78, 5) is 4.00. The molecule has 0 saturated heterocycles. The van der Waals surface area contributed by atoms with Crippen molar-refractivity contribution in [3.05, 3.63) is 22.8 Å². The highest BCUT2D eigenvalue weighted by molar-refractivity contribution is 6.29. The highest BCUT2D eigenvalue weighted by Crippen LogP contribution is 2.13. The van der Waals surface area contributed by atoms with Crippen LogP contribution in [0, 0.1) is 11.3 Å². The summed E-state index contributed by atoms with van der Waals surface area (Å²) in [6, 6.07) is 5.11. The van der Waals surface area contributed by atoms with Crippen LogP contribution in [-0.2, 0) is 0 Å². The van der Waals surface area contributed by atoms with Crippen molar-refractivity contribution in [3.8, 4) is 6.07 Å². The first-order valence-electron chi connectivity index (χ1n) is 4.61. The number of rotatable bonds is 4. The number of hydrogen-bond donors (Lipinski definition) is 2. The maximum atomic E-state index is 9.05. The minimum atomic E-state index is -0.355. The topological polar surface area (TPSA) is 68.9 Å². The van der Waals surface area contributed by atoms with E-state index >= 15 is 0 Å². The smallest absolute Gasteiger partial charge is 0.132 e. The van der Waals surface area contributed by atoms with Crippen molar-refractivity contribution in [1.82, 2.24) is 4.98 Å². The number of nitriles is 1. The van der Waals surface area contributed by atoms with Crippen LogP contribution in [0.4, 0.5) is 5.82 Å². The van der Waals surface area contributed by atoms with Gasteiger partial charge in [0.25, 0.3) is 0 Å². The van der Waals surface area contributed by atoms with Gasteiger partial charge in [-0.15, -0.1) is 0 Å². The minimum Gasteiger partial charge on any atom is -0.393 e. The van der Waals surface area contributed by atoms with E-state index in [0.29, 0.717) is 24.3 Å². The SMILES string of the molecule is CC(O)CCNc1cc(C#N)cc(Cl)n1. The Kier molecular flexibility index (Phi) is 4.35. The second-order valence-electron chi connectivity index (χ2n) is 3.24. The third-order valence-electron chi connectivity index (χ3n) is 1.79. The maximum absolute atomic E-state index is 9.05. The van der Waals surface area contributed by atoms with Crippen LogP contribution in [0.15, 0.2) is 12.1 Å². The summed E-state index contributed by atoms with van der Waals surface area (Å²) in [5, 5.41) is 21.0. The molecule has 1 heterocycles. The Labute approximate surface area is 93.5 Å². The summed E-state index contributed by atoms with van der Waals surface area (Å²) >= 11 is 5.72. The van der Waals surface area contributed by atoms with Crippen LogP contribution in [0.5, 0.6) is 0 Å². The summed E-state index contributed by atoms with van der Waals surface area (Å²) in [5.41, 5.74) is 0.467. The van der Waals surface area contributed by atoms with Gasteiger partial charge in [0.05, 0.1) is 17.7 Å². The molecule has 4 nitrogen and oxygen atoms in total. The summed E-state index contributed by atoms with van der Waals surface area (Å²) < 4.78 is 0. The third-order valence-corrected chi connectivity index (χ3v) is 1.99. The number of anilines is 1. The molecule has 0 saturated carbocycles.